The van der Waals surface area contributed by atoms with E-state index in [-0.39, 0.29) is 35.2 Å². The molecule has 0 bridgehead atoms. The molecule has 1 saturated carbocycles. The maximum Gasteiger partial charge on any atom is 0.270 e. The SMILES string of the molecule is Cc1nc(C(=O)N[C@H]2CC[C@@H](C3C(=O)c4cc(F)cnc4N(c4cccc(-c5ccc(CN6CCCNCC6)cc5)c4)C3=O)CC2)cs1. The molecule has 4 aromatic rings. The molecule has 1 unspecified atom stereocenters. The van der Waals surface area contributed by atoms with Gasteiger partial charge in [-0.05, 0) is 92.9 Å². The zero-order chi connectivity index (χ0) is 33.2. The fraction of sp³-hybridized carbons (Fsp3) is 0.378. The van der Waals surface area contributed by atoms with E-state index in [0.29, 0.717) is 37.1 Å². The van der Waals surface area contributed by atoms with Crippen molar-refractivity contribution < 1.29 is 18.8 Å². The second-order valence-electron chi connectivity index (χ2n) is 13.0. The number of Topliss-reactive ketones (excluding diaryl/α,β-unsaturated/α-hetero) is 1. The smallest absolute Gasteiger partial charge is 0.270 e. The van der Waals surface area contributed by atoms with Crippen LogP contribution in [0.15, 0.2) is 66.2 Å². The summed E-state index contributed by atoms with van der Waals surface area (Å²) in [7, 11) is 0. The van der Waals surface area contributed by atoms with Gasteiger partial charge in [-0.3, -0.25) is 24.2 Å². The molecule has 0 spiro atoms. The van der Waals surface area contributed by atoms with Crippen LogP contribution in [0.4, 0.5) is 15.9 Å². The van der Waals surface area contributed by atoms with Crippen molar-refractivity contribution >= 4 is 40.4 Å². The molecule has 1 atom stereocenters. The van der Waals surface area contributed by atoms with Crippen LogP contribution in [0.5, 0.6) is 0 Å². The van der Waals surface area contributed by atoms with Gasteiger partial charge in [0.1, 0.15) is 17.4 Å². The molecule has 2 N–H and O–H groups in total. The van der Waals surface area contributed by atoms with Crippen molar-refractivity contribution in [2.24, 2.45) is 11.8 Å². The number of rotatable bonds is 7. The summed E-state index contributed by atoms with van der Waals surface area (Å²) in [4.78, 5) is 53.3. The van der Waals surface area contributed by atoms with Crippen molar-refractivity contribution in [3.8, 4) is 11.1 Å². The molecule has 2 aromatic heterocycles. The highest BCUT2D eigenvalue weighted by Gasteiger charge is 2.46. The van der Waals surface area contributed by atoms with Crippen LogP contribution in [0.3, 0.4) is 0 Å². The number of fused-ring (bicyclic) bond motifs is 1. The van der Waals surface area contributed by atoms with Crippen molar-refractivity contribution in [1.29, 1.82) is 0 Å². The van der Waals surface area contributed by atoms with Gasteiger partial charge in [-0.2, -0.15) is 0 Å². The third-order valence-corrected chi connectivity index (χ3v) is 10.5. The van der Waals surface area contributed by atoms with Gasteiger partial charge in [0.2, 0.25) is 5.91 Å². The van der Waals surface area contributed by atoms with Crippen LogP contribution < -0.4 is 15.5 Å². The zero-order valence-electron chi connectivity index (χ0n) is 27.0. The van der Waals surface area contributed by atoms with Crippen LogP contribution in [-0.2, 0) is 11.3 Å². The average molecular weight is 667 g/mol. The number of amides is 2. The van der Waals surface area contributed by atoms with Gasteiger partial charge in [0.15, 0.2) is 11.6 Å². The lowest BCUT2D eigenvalue weighted by atomic mass is 9.73. The Morgan fingerprint density at radius 1 is 1.02 bits per heavy atom. The first-order valence-corrected chi connectivity index (χ1v) is 17.6. The lowest BCUT2D eigenvalue weighted by Gasteiger charge is -2.38. The number of hydrogen-bond donors (Lipinski definition) is 2. The minimum Gasteiger partial charge on any atom is -0.348 e. The molecular weight excluding hydrogens is 628 g/mol. The summed E-state index contributed by atoms with van der Waals surface area (Å²) in [6, 6.07) is 17.3. The normalized spacial score (nSPS) is 21.9. The van der Waals surface area contributed by atoms with Crippen LogP contribution in [-0.4, -0.2) is 64.7 Å². The molecule has 4 heterocycles. The number of thiazole rings is 1. The van der Waals surface area contributed by atoms with E-state index in [1.54, 1.807) is 5.38 Å². The lowest BCUT2D eigenvalue weighted by molar-refractivity contribution is -0.122. The Kier molecular flexibility index (Phi) is 9.43. The number of aryl methyl sites for hydroxylation is 1. The predicted octanol–water partition coefficient (Wildman–Crippen LogP) is 5.91. The third kappa shape index (κ3) is 6.80. The van der Waals surface area contributed by atoms with Gasteiger partial charge < -0.3 is 10.6 Å². The molecule has 2 aliphatic heterocycles. The van der Waals surface area contributed by atoms with Gasteiger partial charge in [-0.15, -0.1) is 11.3 Å². The first-order chi connectivity index (χ1) is 23.3. The number of anilines is 2. The standard InChI is InChI=1S/C37H39FN6O3S/c1-23-41-32(22-48-23)36(46)42-29-12-10-26(11-13-29)33-34(45)31-19-28(38)20-40-35(31)44(37(33)47)30-5-2-4-27(18-30)25-8-6-24(7-9-25)21-43-16-3-14-39-15-17-43/h2,4-9,18-20,22,26,29,33,39H,3,10-17,21H2,1H3,(H,42,46)/t26-,29+,33?. The van der Waals surface area contributed by atoms with E-state index >= 15 is 0 Å². The number of aromatic nitrogens is 2. The van der Waals surface area contributed by atoms with Gasteiger partial charge in [-0.1, -0.05) is 36.4 Å². The number of benzene rings is 2. The van der Waals surface area contributed by atoms with E-state index in [9.17, 15) is 18.8 Å². The minimum absolute atomic E-state index is 0.0727. The molecule has 9 nitrogen and oxygen atoms in total. The van der Waals surface area contributed by atoms with E-state index in [4.69, 9.17) is 0 Å². The summed E-state index contributed by atoms with van der Waals surface area (Å²) >= 11 is 1.43. The van der Waals surface area contributed by atoms with Crippen LogP contribution in [0.1, 0.15) is 63.5 Å². The van der Waals surface area contributed by atoms with Crippen LogP contribution in [0.2, 0.25) is 0 Å². The predicted molar refractivity (Wildman–Crippen MR) is 184 cm³/mol. The average Bonchev–Trinajstić information content (AvgIpc) is 3.37. The quantitative estimate of drug-likeness (QED) is 0.236. The second kappa shape index (κ2) is 14.0. The highest BCUT2D eigenvalue weighted by molar-refractivity contribution is 7.09. The number of hydrogen-bond acceptors (Lipinski definition) is 8. The number of halogens is 1. The molecule has 3 aliphatic rings. The monoisotopic (exact) mass is 666 g/mol. The van der Waals surface area contributed by atoms with Crippen molar-refractivity contribution in [3.63, 3.8) is 0 Å². The Morgan fingerprint density at radius 2 is 1.83 bits per heavy atom. The van der Waals surface area contributed by atoms with Crippen molar-refractivity contribution in [2.45, 2.75) is 51.6 Å². The number of carbonyl (C=O) groups excluding carboxylic acids is 3. The fourth-order valence-electron chi connectivity index (χ4n) is 7.25. The summed E-state index contributed by atoms with van der Waals surface area (Å²) in [6.45, 7) is 6.93. The molecule has 11 heteroatoms. The number of carbonyl (C=O) groups is 3. The van der Waals surface area contributed by atoms with Crippen LogP contribution in [0.25, 0.3) is 11.1 Å². The number of nitrogens with zero attached hydrogens (tertiary/aromatic N) is 4. The van der Waals surface area contributed by atoms with Crippen molar-refractivity contribution in [3.05, 3.63) is 93.8 Å². The molecule has 0 radical (unpaired) electrons. The Morgan fingerprint density at radius 3 is 2.60 bits per heavy atom. The number of ketones is 1. The molecule has 2 aromatic carbocycles. The molecule has 1 aliphatic carbocycles. The molecule has 248 valence electrons. The van der Waals surface area contributed by atoms with Crippen LogP contribution in [0, 0.1) is 24.6 Å². The Labute approximate surface area is 283 Å². The zero-order valence-corrected chi connectivity index (χ0v) is 27.8. The van der Waals surface area contributed by atoms with Gasteiger partial charge in [0.25, 0.3) is 5.91 Å². The van der Waals surface area contributed by atoms with Gasteiger partial charge >= 0.3 is 0 Å². The molecule has 2 amide bonds. The number of pyridine rings is 1. The molecule has 48 heavy (non-hydrogen) atoms. The van der Waals surface area contributed by atoms with E-state index in [2.05, 4.69) is 49.8 Å². The summed E-state index contributed by atoms with van der Waals surface area (Å²) in [5, 5.41) is 9.08. The van der Waals surface area contributed by atoms with Crippen molar-refractivity contribution in [2.75, 3.05) is 31.1 Å². The largest absolute Gasteiger partial charge is 0.348 e. The highest BCUT2D eigenvalue weighted by Crippen LogP contribution is 2.42. The lowest BCUT2D eigenvalue weighted by Crippen LogP contribution is -2.48. The molecular formula is C37H39FN6O3S. The molecule has 1 saturated heterocycles. The summed E-state index contributed by atoms with van der Waals surface area (Å²) < 4.78 is 14.5. The Balaban J connectivity index is 1.10. The van der Waals surface area contributed by atoms with E-state index in [1.807, 2.05) is 31.2 Å². The third-order valence-electron chi connectivity index (χ3n) is 9.74. The Bertz CT molecular complexity index is 1810. The fourth-order valence-corrected chi connectivity index (χ4v) is 7.84. The number of nitrogens with one attached hydrogen (secondary N) is 2. The minimum atomic E-state index is -0.962. The first kappa shape index (κ1) is 32.2. The summed E-state index contributed by atoms with van der Waals surface area (Å²) in [5.74, 6) is -2.62. The summed E-state index contributed by atoms with van der Waals surface area (Å²) in [5.41, 5.74) is 4.29. The van der Waals surface area contributed by atoms with E-state index < -0.39 is 17.5 Å². The van der Waals surface area contributed by atoms with Crippen molar-refractivity contribution in [1.82, 2.24) is 25.5 Å². The van der Waals surface area contributed by atoms with Gasteiger partial charge in [0.05, 0.1) is 22.5 Å². The first-order valence-electron chi connectivity index (χ1n) is 16.7. The van der Waals surface area contributed by atoms with Gasteiger partial charge in [0, 0.05) is 31.1 Å². The second-order valence-corrected chi connectivity index (χ2v) is 14.1. The Hall–Kier alpha value is -4.32. The van der Waals surface area contributed by atoms with E-state index in [0.717, 1.165) is 61.5 Å². The summed E-state index contributed by atoms with van der Waals surface area (Å²) in [6.07, 6.45) is 4.61. The van der Waals surface area contributed by atoms with Crippen LogP contribution >= 0.6 is 11.3 Å². The van der Waals surface area contributed by atoms with Gasteiger partial charge in [-0.25, -0.2) is 14.4 Å². The maximum atomic E-state index is 14.5. The van der Waals surface area contributed by atoms with E-state index in [1.165, 1.54) is 27.9 Å². The maximum absolute atomic E-state index is 14.5. The highest BCUT2D eigenvalue weighted by atomic mass is 32.1. The topological polar surface area (TPSA) is 108 Å². The molecule has 2 fully saturated rings. The molecule has 7 rings (SSSR count).